The molecule has 1 aromatic heterocycles. The Kier molecular flexibility index (Phi) is 1.79. The van der Waals surface area contributed by atoms with Gasteiger partial charge in [-0.25, -0.2) is 0 Å². The normalized spacial score (nSPS) is 9.00. The number of amides is 1. The van der Waals surface area contributed by atoms with Gasteiger partial charge in [0.2, 0.25) is 0 Å². The zero-order valence-electron chi connectivity index (χ0n) is 4.84. The first-order valence-electron chi connectivity index (χ1n) is 2.39. The fourth-order valence-corrected chi connectivity index (χ4v) is 1.08. The molecule has 1 aromatic rings. The Morgan fingerprint density at radius 2 is 2.67 bits per heavy atom. The lowest BCUT2D eigenvalue weighted by Gasteiger charge is -1.82. The third-order valence-electron chi connectivity index (χ3n) is 0.802. The maximum atomic E-state index is 9.73. The van der Waals surface area contributed by atoms with Gasteiger partial charge in [0, 0.05) is 0 Å². The number of nitrogens with one attached hydrogen (secondary N) is 1. The molecule has 0 saturated heterocycles. The average Bonchev–Trinajstić information content (AvgIpc) is 2.17. The molecule has 0 aliphatic heterocycles. The van der Waals surface area contributed by atoms with Gasteiger partial charge in [0.1, 0.15) is 5.00 Å². The van der Waals surface area contributed by atoms with Crippen molar-refractivity contribution in [3.63, 3.8) is 0 Å². The maximum absolute atomic E-state index is 9.73. The summed E-state index contributed by atoms with van der Waals surface area (Å²) in [5.41, 5.74) is 0.915. The van der Waals surface area contributed by atoms with Crippen LogP contribution in [0.1, 0.15) is 5.69 Å². The van der Waals surface area contributed by atoms with Crippen LogP contribution in [0.3, 0.4) is 0 Å². The predicted molar refractivity (Wildman–Crippen MR) is 36.2 cm³/mol. The largest absolute Gasteiger partial charge is 0.314 e. The maximum Gasteiger partial charge on any atom is 0.314 e. The molecule has 0 unspecified atom stereocenters. The average molecular weight is 141 g/mol. The summed E-state index contributed by atoms with van der Waals surface area (Å²) in [4.78, 5) is 9.73. The molecule has 1 N–H and O–H groups in total. The van der Waals surface area contributed by atoms with E-state index in [0.29, 0.717) is 0 Å². The monoisotopic (exact) mass is 141 g/mol. The molecule has 3 nitrogen and oxygen atoms in total. The summed E-state index contributed by atoms with van der Waals surface area (Å²) in [5.74, 6) is 0. The smallest absolute Gasteiger partial charge is 0.308 e. The number of nitrogens with zero attached hydrogens (tertiary/aromatic N) is 1. The van der Waals surface area contributed by atoms with Crippen LogP contribution in [0.15, 0.2) is 6.07 Å². The molecule has 1 rings (SSSR count). The Hall–Kier alpha value is -0.900. The highest BCUT2D eigenvalue weighted by Gasteiger charge is 1.93. The van der Waals surface area contributed by atoms with Crippen molar-refractivity contribution in [3.05, 3.63) is 11.8 Å². The van der Waals surface area contributed by atoms with E-state index in [9.17, 15) is 4.79 Å². The summed E-state index contributed by atoms with van der Waals surface area (Å²) in [6.07, 6.45) is 1.57. The lowest BCUT2D eigenvalue weighted by molar-refractivity contribution is 0.561. The molecule has 0 spiro atoms. The Bertz CT molecular complexity index is 208. The summed E-state index contributed by atoms with van der Waals surface area (Å²) in [5, 5.41) is 3.12. The van der Waals surface area contributed by atoms with E-state index >= 15 is 0 Å². The fraction of sp³-hybridized carbons (Fsp3) is 0.200. The quantitative estimate of drug-likeness (QED) is 0.622. The topological polar surface area (TPSA) is 42.0 Å². The molecule has 0 aliphatic rings. The van der Waals surface area contributed by atoms with Crippen LogP contribution in [0.25, 0.3) is 0 Å². The van der Waals surface area contributed by atoms with Gasteiger partial charge in [-0.3, -0.25) is 4.79 Å². The van der Waals surface area contributed by atoms with E-state index in [0.717, 1.165) is 10.7 Å². The second kappa shape index (κ2) is 2.59. The highest BCUT2D eigenvalue weighted by atomic mass is 32.1. The first kappa shape index (κ1) is 6.22. The van der Waals surface area contributed by atoms with Crippen molar-refractivity contribution < 1.29 is 4.79 Å². The summed E-state index contributed by atoms with van der Waals surface area (Å²) in [6, 6.07) is 1.79. The fourth-order valence-electron chi connectivity index (χ4n) is 0.473. The Morgan fingerprint density at radius 3 is 3.11 bits per heavy atom. The highest BCUT2D eigenvalue weighted by molar-refractivity contribution is 7.10. The first-order valence-corrected chi connectivity index (χ1v) is 3.17. The second-order valence-corrected chi connectivity index (χ2v) is 2.36. The minimum Gasteiger partial charge on any atom is -0.308 e. The van der Waals surface area contributed by atoms with E-state index in [4.69, 9.17) is 0 Å². The van der Waals surface area contributed by atoms with E-state index in [2.05, 4.69) is 9.69 Å². The van der Waals surface area contributed by atoms with Crippen molar-refractivity contribution >= 4 is 22.9 Å². The molecule has 1 heterocycles. The van der Waals surface area contributed by atoms with E-state index in [-0.39, 0.29) is 0 Å². The van der Waals surface area contributed by atoms with Crippen LogP contribution in [-0.4, -0.2) is 10.8 Å². The number of carbonyl (C=O) groups excluding carboxylic acids is 1. The second-order valence-electron chi connectivity index (χ2n) is 1.56. The van der Waals surface area contributed by atoms with Gasteiger partial charge in [0.15, 0.2) is 0 Å². The molecule has 0 fully saturated rings. The van der Waals surface area contributed by atoms with Crippen molar-refractivity contribution in [1.29, 1.82) is 0 Å². The molecular formula is C5H5N2OS. The third kappa shape index (κ3) is 1.50. The summed E-state index contributed by atoms with van der Waals surface area (Å²) < 4.78 is 3.94. The van der Waals surface area contributed by atoms with E-state index in [1.165, 1.54) is 11.5 Å². The molecule has 1 radical (unpaired) electrons. The minimum absolute atomic E-state index is 0.738. The number of rotatable bonds is 2. The van der Waals surface area contributed by atoms with Gasteiger partial charge in [-0.1, -0.05) is 0 Å². The van der Waals surface area contributed by atoms with Gasteiger partial charge >= 0.3 is 6.41 Å². The predicted octanol–water partition coefficient (Wildman–Crippen LogP) is 0.931. The van der Waals surface area contributed by atoms with Crippen LogP contribution >= 0.6 is 11.5 Å². The van der Waals surface area contributed by atoms with E-state index < -0.39 is 0 Å². The number of hydrogen-bond acceptors (Lipinski definition) is 3. The van der Waals surface area contributed by atoms with Gasteiger partial charge < -0.3 is 5.32 Å². The Morgan fingerprint density at radius 1 is 1.89 bits per heavy atom. The van der Waals surface area contributed by atoms with Gasteiger partial charge in [-0.05, 0) is 24.5 Å². The number of aryl methyl sites for hydroxylation is 1. The molecule has 0 atom stereocenters. The molecule has 0 aromatic carbocycles. The van der Waals surface area contributed by atoms with E-state index in [1.54, 1.807) is 12.5 Å². The van der Waals surface area contributed by atoms with Crippen molar-refractivity contribution in [3.8, 4) is 0 Å². The molecule has 0 bridgehead atoms. The molecule has 47 valence electrons. The third-order valence-corrected chi connectivity index (χ3v) is 1.60. The van der Waals surface area contributed by atoms with Crippen LogP contribution in [0.4, 0.5) is 5.00 Å². The SMILES string of the molecule is Cc1cc(N[C]=O)sn1. The van der Waals surface area contributed by atoms with Crippen LogP contribution in [-0.2, 0) is 4.79 Å². The molecular weight excluding hydrogens is 136 g/mol. The molecule has 0 saturated carbocycles. The minimum atomic E-state index is 0.738. The standard InChI is InChI=1S/C5H5N2OS/c1-4-2-5(6-3-8)9-7-4/h2H,1H3,(H,6,8). The van der Waals surface area contributed by atoms with Crippen LogP contribution in [0.5, 0.6) is 0 Å². The van der Waals surface area contributed by atoms with Gasteiger partial charge in [0.25, 0.3) is 0 Å². The Labute approximate surface area is 56.9 Å². The molecule has 0 aliphatic carbocycles. The van der Waals surface area contributed by atoms with Crippen molar-refractivity contribution in [1.82, 2.24) is 4.37 Å². The van der Waals surface area contributed by atoms with Crippen molar-refractivity contribution in [2.75, 3.05) is 5.32 Å². The van der Waals surface area contributed by atoms with Crippen LogP contribution in [0, 0.1) is 6.92 Å². The molecule has 4 heteroatoms. The van der Waals surface area contributed by atoms with E-state index in [1.807, 2.05) is 6.92 Å². The lowest BCUT2D eigenvalue weighted by atomic mass is 10.5. The number of anilines is 1. The highest BCUT2D eigenvalue weighted by Crippen LogP contribution is 2.13. The van der Waals surface area contributed by atoms with Crippen molar-refractivity contribution in [2.24, 2.45) is 0 Å². The molecule has 1 amide bonds. The summed E-state index contributed by atoms with van der Waals surface area (Å²) in [7, 11) is 0. The van der Waals surface area contributed by atoms with Gasteiger partial charge in [-0.15, -0.1) is 0 Å². The molecule has 9 heavy (non-hydrogen) atoms. The lowest BCUT2D eigenvalue weighted by Crippen LogP contribution is -1.88. The Balaban J connectivity index is 2.72. The van der Waals surface area contributed by atoms with Crippen LogP contribution < -0.4 is 5.32 Å². The van der Waals surface area contributed by atoms with Crippen molar-refractivity contribution in [2.45, 2.75) is 6.92 Å². The first-order chi connectivity index (χ1) is 4.33. The zero-order valence-corrected chi connectivity index (χ0v) is 5.66. The zero-order chi connectivity index (χ0) is 6.69. The number of hydrogen-bond donors (Lipinski definition) is 1. The summed E-state index contributed by atoms with van der Waals surface area (Å²) >= 11 is 1.25. The number of aromatic nitrogens is 1. The van der Waals surface area contributed by atoms with Crippen LogP contribution in [0.2, 0.25) is 0 Å². The van der Waals surface area contributed by atoms with Gasteiger partial charge in [0.05, 0.1) is 5.69 Å². The van der Waals surface area contributed by atoms with Gasteiger partial charge in [-0.2, -0.15) is 4.37 Å². The summed E-state index contributed by atoms with van der Waals surface area (Å²) in [6.45, 7) is 1.87.